The summed E-state index contributed by atoms with van der Waals surface area (Å²) >= 11 is 0. The Hall–Kier alpha value is -3.09. The Labute approximate surface area is 174 Å². The smallest absolute Gasteiger partial charge is 0.365 e. The van der Waals surface area contributed by atoms with Gasteiger partial charge in [-0.1, -0.05) is 12.1 Å². The molecule has 3 rings (SSSR count). The first-order valence-corrected chi connectivity index (χ1v) is 9.49. The average Bonchev–Trinajstić information content (AvgIpc) is 2.66. The van der Waals surface area contributed by atoms with Crippen molar-refractivity contribution >= 4 is 23.4 Å². The minimum absolute atomic E-state index is 0.0992. The first-order valence-electron chi connectivity index (χ1n) is 9.49. The molecule has 30 heavy (non-hydrogen) atoms. The van der Waals surface area contributed by atoms with Gasteiger partial charge in [0.2, 0.25) is 0 Å². The molecule has 2 aromatic carbocycles. The van der Waals surface area contributed by atoms with Crippen LogP contribution in [-0.4, -0.2) is 24.7 Å². The van der Waals surface area contributed by atoms with Crippen LogP contribution in [0.15, 0.2) is 47.6 Å². The predicted molar refractivity (Wildman–Crippen MR) is 114 cm³/mol. The van der Waals surface area contributed by atoms with Gasteiger partial charge in [-0.2, -0.15) is 18.3 Å². The third-order valence-corrected chi connectivity index (χ3v) is 5.43. The van der Waals surface area contributed by atoms with Crippen molar-refractivity contribution in [3.05, 3.63) is 70.3 Å². The largest absolute Gasteiger partial charge is 0.416 e. The summed E-state index contributed by atoms with van der Waals surface area (Å²) in [7, 11) is 2.05. The third-order valence-electron chi connectivity index (χ3n) is 5.43. The molecule has 158 valence electrons. The topological polar surface area (TPSA) is 44.7 Å². The predicted octanol–water partition coefficient (Wildman–Crippen LogP) is 5.41. The van der Waals surface area contributed by atoms with E-state index in [2.05, 4.69) is 48.3 Å². The standard InChI is InChI=1S/C23H24F3N3O/c1-14-9-20-19(15(2)12-22(3,4)29(20)5)11-17(14)13-27-28-21(30)16-7-6-8-18(10-16)23(24,25)26/h6-13H,1-5H3,(H,28,30)/b27-13+. The third kappa shape index (κ3) is 4.25. The number of benzene rings is 2. The Bertz CT molecular complexity index is 1050. The molecule has 0 aliphatic carbocycles. The van der Waals surface area contributed by atoms with Crippen LogP contribution in [0.1, 0.15) is 53.4 Å². The lowest BCUT2D eigenvalue weighted by molar-refractivity contribution is -0.137. The molecule has 0 saturated carbocycles. The molecule has 4 nitrogen and oxygen atoms in total. The SMILES string of the molecule is CC1=CC(C)(C)N(C)c2cc(C)c(/C=N/NC(=O)c3cccc(C(F)(F)F)c3)cc21. The van der Waals surface area contributed by atoms with Gasteiger partial charge >= 0.3 is 6.18 Å². The number of halogens is 3. The monoisotopic (exact) mass is 415 g/mol. The maximum atomic E-state index is 12.8. The normalized spacial score (nSPS) is 15.7. The number of carbonyl (C=O) groups excluding carboxylic acids is 1. The number of fused-ring (bicyclic) bond motifs is 1. The van der Waals surface area contributed by atoms with Crippen LogP contribution < -0.4 is 10.3 Å². The first kappa shape index (κ1) is 21.6. The summed E-state index contributed by atoms with van der Waals surface area (Å²) in [5.74, 6) is -0.703. The van der Waals surface area contributed by atoms with Crippen LogP contribution in [0.5, 0.6) is 0 Å². The van der Waals surface area contributed by atoms with Gasteiger partial charge in [-0.3, -0.25) is 4.79 Å². The van der Waals surface area contributed by atoms with Crippen molar-refractivity contribution in [1.82, 2.24) is 5.43 Å². The highest BCUT2D eigenvalue weighted by Gasteiger charge is 2.31. The molecule has 0 aromatic heterocycles. The number of rotatable bonds is 3. The van der Waals surface area contributed by atoms with Crippen molar-refractivity contribution < 1.29 is 18.0 Å². The highest BCUT2D eigenvalue weighted by molar-refractivity contribution is 5.95. The number of carbonyl (C=O) groups is 1. The van der Waals surface area contributed by atoms with Gasteiger partial charge in [0.15, 0.2) is 0 Å². The van der Waals surface area contributed by atoms with E-state index in [9.17, 15) is 18.0 Å². The summed E-state index contributed by atoms with van der Waals surface area (Å²) in [6, 6.07) is 8.31. The van der Waals surface area contributed by atoms with Crippen LogP contribution in [0.3, 0.4) is 0 Å². The molecular weight excluding hydrogens is 391 g/mol. The number of alkyl halides is 3. The number of anilines is 1. The van der Waals surface area contributed by atoms with E-state index in [1.807, 2.05) is 20.0 Å². The van der Waals surface area contributed by atoms with E-state index in [0.717, 1.165) is 40.1 Å². The fourth-order valence-electron chi connectivity index (χ4n) is 3.52. The maximum absolute atomic E-state index is 12.8. The van der Waals surface area contributed by atoms with Crippen LogP contribution in [0, 0.1) is 6.92 Å². The van der Waals surface area contributed by atoms with Crippen molar-refractivity contribution in [2.45, 2.75) is 39.4 Å². The number of nitrogens with one attached hydrogen (secondary N) is 1. The maximum Gasteiger partial charge on any atom is 0.416 e. The van der Waals surface area contributed by atoms with Gasteiger partial charge in [-0.25, -0.2) is 5.43 Å². The Morgan fingerprint density at radius 3 is 2.53 bits per heavy atom. The van der Waals surface area contributed by atoms with E-state index in [-0.39, 0.29) is 11.1 Å². The Balaban J connectivity index is 1.81. The molecule has 0 atom stereocenters. The Morgan fingerprint density at radius 2 is 1.87 bits per heavy atom. The molecular formula is C23H24F3N3O. The number of hydrogen-bond acceptors (Lipinski definition) is 3. The molecule has 1 heterocycles. The van der Waals surface area contributed by atoms with E-state index >= 15 is 0 Å². The minimum atomic E-state index is -4.51. The second kappa shape index (κ2) is 7.63. The lowest BCUT2D eigenvalue weighted by Crippen LogP contribution is -2.42. The van der Waals surface area contributed by atoms with Crippen LogP contribution in [0.25, 0.3) is 5.57 Å². The van der Waals surface area contributed by atoms with Gasteiger partial charge in [0.25, 0.3) is 5.91 Å². The van der Waals surface area contributed by atoms with E-state index in [4.69, 9.17) is 0 Å². The molecule has 0 fully saturated rings. The van der Waals surface area contributed by atoms with Gasteiger partial charge in [-0.15, -0.1) is 0 Å². The lowest BCUT2D eigenvalue weighted by Gasteiger charge is -2.41. The van der Waals surface area contributed by atoms with Crippen molar-refractivity contribution in [2.24, 2.45) is 5.10 Å². The van der Waals surface area contributed by atoms with Crippen molar-refractivity contribution in [2.75, 3.05) is 11.9 Å². The molecule has 0 unspecified atom stereocenters. The highest BCUT2D eigenvalue weighted by Crippen LogP contribution is 2.39. The molecule has 0 radical (unpaired) electrons. The Morgan fingerprint density at radius 1 is 1.17 bits per heavy atom. The fraction of sp³-hybridized carbons (Fsp3) is 0.304. The zero-order valence-corrected chi connectivity index (χ0v) is 17.6. The van der Waals surface area contributed by atoms with Crippen molar-refractivity contribution in [1.29, 1.82) is 0 Å². The van der Waals surface area contributed by atoms with E-state index in [1.54, 1.807) is 0 Å². The van der Waals surface area contributed by atoms with Crippen molar-refractivity contribution in [3.63, 3.8) is 0 Å². The lowest BCUT2D eigenvalue weighted by atomic mass is 9.87. The zero-order valence-electron chi connectivity index (χ0n) is 17.6. The van der Waals surface area contributed by atoms with Crippen LogP contribution >= 0.6 is 0 Å². The molecule has 7 heteroatoms. The summed E-state index contributed by atoms with van der Waals surface area (Å²) in [6.45, 7) is 8.30. The fourth-order valence-corrected chi connectivity index (χ4v) is 3.52. The summed E-state index contributed by atoms with van der Waals surface area (Å²) in [4.78, 5) is 14.4. The number of hydrazone groups is 1. The number of hydrogen-bond donors (Lipinski definition) is 1. The van der Waals surface area contributed by atoms with Crippen molar-refractivity contribution in [3.8, 4) is 0 Å². The van der Waals surface area contributed by atoms with E-state index in [0.29, 0.717) is 0 Å². The highest BCUT2D eigenvalue weighted by atomic mass is 19.4. The van der Waals surface area contributed by atoms with Gasteiger partial charge in [-0.05, 0) is 74.7 Å². The second-order valence-electron chi connectivity index (χ2n) is 8.04. The molecule has 0 bridgehead atoms. The van der Waals surface area contributed by atoms with Gasteiger partial charge < -0.3 is 4.90 Å². The number of nitrogens with zero attached hydrogens (tertiary/aromatic N) is 2. The van der Waals surface area contributed by atoms with Gasteiger partial charge in [0.1, 0.15) is 0 Å². The summed E-state index contributed by atoms with van der Waals surface area (Å²) in [6.07, 6.45) is -0.804. The molecule has 1 aliphatic heterocycles. The average molecular weight is 415 g/mol. The first-order chi connectivity index (χ1) is 13.9. The van der Waals surface area contributed by atoms with Crippen LogP contribution in [0.2, 0.25) is 0 Å². The van der Waals surface area contributed by atoms with E-state index in [1.165, 1.54) is 18.3 Å². The molecule has 2 aromatic rings. The number of aryl methyl sites for hydroxylation is 1. The summed E-state index contributed by atoms with van der Waals surface area (Å²) < 4.78 is 38.5. The molecule has 0 spiro atoms. The number of likely N-dealkylation sites (N-methyl/N-ethyl adjacent to an activating group) is 1. The van der Waals surface area contributed by atoms with Crippen LogP contribution in [-0.2, 0) is 6.18 Å². The molecule has 0 saturated heterocycles. The minimum Gasteiger partial charge on any atom is -0.365 e. The van der Waals surface area contributed by atoms with Crippen LogP contribution in [0.4, 0.5) is 18.9 Å². The number of amides is 1. The van der Waals surface area contributed by atoms with Gasteiger partial charge in [0.05, 0.1) is 17.3 Å². The van der Waals surface area contributed by atoms with E-state index < -0.39 is 17.6 Å². The Kier molecular flexibility index (Phi) is 5.50. The zero-order chi connectivity index (χ0) is 22.3. The summed E-state index contributed by atoms with van der Waals surface area (Å²) in [5.41, 5.74) is 6.36. The number of allylic oxidation sites excluding steroid dienone is 1. The quantitative estimate of drug-likeness (QED) is 0.538. The second-order valence-corrected chi connectivity index (χ2v) is 8.04. The molecule has 1 aliphatic rings. The molecule has 1 amide bonds. The molecule has 1 N–H and O–H groups in total. The summed E-state index contributed by atoms with van der Waals surface area (Å²) in [5, 5.41) is 3.95. The van der Waals surface area contributed by atoms with Gasteiger partial charge in [0, 0.05) is 23.9 Å².